The molecule has 2 rings (SSSR count). The first kappa shape index (κ1) is 13.9. The van der Waals surface area contributed by atoms with Crippen LogP contribution in [-0.4, -0.2) is 11.5 Å². The Labute approximate surface area is 122 Å². The van der Waals surface area contributed by atoms with E-state index in [9.17, 15) is 0 Å². The van der Waals surface area contributed by atoms with Gasteiger partial charge in [0.15, 0.2) is 0 Å². The number of pyridine rings is 1. The van der Waals surface area contributed by atoms with Gasteiger partial charge in [-0.2, -0.15) is 0 Å². The zero-order chi connectivity index (χ0) is 13.7. The number of anilines is 1. The molecule has 0 fully saturated rings. The van der Waals surface area contributed by atoms with Crippen molar-refractivity contribution in [1.29, 1.82) is 0 Å². The van der Waals surface area contributed by atoms with Crippen LogP contribution in [0.1, 0.15) is 18.2 Å². The predicted molar refractivity (Wildman–Crippen MR) is 81.6 cm³/mol. The molecule has 0 radical (unpaired) electrons. The highest BCUT2D eigenvalue weighted by Gasteiger charge is 2.02. The van der Waals surface area contributed by atoms with Crippen molar-refractivity contribution in [1.82, 2.24) is 4.98 Å². The highest BCUT2D eigenvalue weighted by molar-refractivity contribution is 9.10. The maximum Gasteiger partial charge on any atom is 0.130 e. The Balaban J connectivity index is 2.03. The lowest BCUT2D eigenvalue weighted by Gasteiger charge is -2.10. The molecule has 0 bridgehead atoms. The standard InChI is InChI=1S/C15H17BrN2O/c1-3-17-15-6-4-5-13(18-15)10-19-14-8-7-12(16)9-11(14)2/h4-9H,3,10H2,1-2H3,(H,17,18). The van der Waals surface area contributed by atoms with E-state index >= 15 is 0 Å². The molecule has 0 aliphatic heterocycles. The summed E-state index contributed by atoms with van der Waals surface area (Å²) in [5, 5.41) is 3.19. The number of hydrogen-bond donors (Lipinski definition) is 1. The molecule has 0 saturated heterocycles. The normalized spacial score (nSPS) is 10.3. The second-order valence-electron chi connectivity index (χ2n) is 4.24. The van der Waals surface area contributed by atoms with Crippen LogP contribution in [0.4, 0.5) is 5.82 Å². The van der Waals surface area contributed by atoms with Crippen molar-refractivity contribution >= 4 is 21.7 Å². The maximum atomic E-state index is 5.80. The summed E-state index contributed by atoms with van der Waals surface area (Å²) >= 11 is 3.44. The number of rotatable bonds is 5. The van der Waals surface area contributed by atoms with Crippen LogP contribution in [0.25, 0.3) is 0 Å². The summed E-state index contributed by atoms with van der Waals surface area (Å²) in [4.78, 5) is 4.48. The predicted octanol–water partition coefficient (Wildman–Crippen LogP) is 4.16. The third-order valence-corrected chi connectivity index (χ3v) is 3.17. The van der Waals surface area contributed by atoms with Gasteiger partial charge in [0, 0.05) is 11.0 Å². The molecule has 1 aromatic carbocycles. The van der Waals surface area contributed by atoms with Gasteiger partial charge in [-0.3, -0.25) is 0 Å². The van der Waals surface area contributed by atoms with Gasteiger partial charge in [0.1, 0.15) is 18.2 Å². The maximum absolute atomic E-state index is 5.80. The summed E-state index contributed by atoms with van der Waals surface area (Å²) in [6, 6.07) is 11.9. The van der Waals surface area contributed by atoms with Crippen LogP contribution in [0, 0.1) is 6.92 Å². The third-order valence-electron chi connectivity index (χ3n) is 2.68. The summed E-state index contributed by atoms with van der Waals surface area (Å²) in [7, 11) is 0. The fraction of sp³-hybridized carbons (Fsp3) is 0.267. The fourth-order valence-electron chi connectivity index (χ4n) is 1.77. The first-order valence-electron chi connectivity index (χ1n) is 6.28. The highest BCUT2D eigenvalue weighted by Crippen LogP contribution is 2.23. The van der Waals surface area contributed by atoms with Crippen molar-refractivity contribution < 1.29 is 4.74 Å². The van der Waals surface area contributed by atoms with Crippen LogP contribution in [0.2, 0.25) is 0 Å². The van der Waals surface area contributed by atoms with Gasteiger partial charge >= 0.3 is 0 Å². The summed E-state index contributed by atoms with van der Waals surface area (Å²) in [5.74, 6) is 1.77. The monoisotopic (exact) mass is 320 g/mol. The van der Waals surface area contributed by atoms with Crippen LogP contribution >= 0.6 is 15.9 Å². The minimum atomic E-state index is 0.474. The van der Waals surface area contributed by atoms with E-state index in [4.69, 9.17) is 4.74 Å². The van der Waals surface area contributed by atoms with Gasteiger partial charge < -0.3 is 10.1 Å². The minimum absolute atomic E-state index is 0.474. The largest absolute Gasteiger partial charge is 0.487 e. The Kier molecular flexibility index (Phi) is 4.80. The van der Waals surface area contributed by atoms with Crippen molar-refractivity contribution in [2.24, 2.45) is 0 Å². The molecule has 0 amide bonds. The van der Waals surface area contributed by atoms with Gasteiger partial charge in [0.25, 0.3) is 0 Å². The van der Waals surface area contributed by atoms with Crippen LogP contribution in [0.3, 0.4) is 0 Å². The molecule has 0 aliphatic rings. The Bertz CT molecular complexity index is 558. The minimum Gasteiger partial charge on any atom is -0.487 e. The number of hydrogen-bond acceptors (Lipinski definition) is 3. The summed E-state index contributed by atoms with van der Waals surface area (Å²) in [5.41, 5.74) is 2.03. The van der Waals surface area contributed by atoms with Crippen molar-refractivity contribution in [2.75, 3.05) is 11.9 Å². The van der Waals surface area contributed by atoms with Gasteiger partial charge in [-0.05, 0) is 49.7 Å². The van der Waals surface area contributed by atoms with E-state index in [0.29, 0.717) is 6.61 Å². The molecule has 1 N–H and O–H groups in total. The molecule has 0 atom stereocenters. The van der Waals surface area contributed by atoms with Crippen molar-refractivity contribution in [2.45, 2.75) is 20.5 Å². The summed E-state index contributed by atoms with van der Waals surface area (Å²) in [6.07, 6.45) is 0. The lowest BCUT2D eigenvalue weighted by atomic mass is 10.2. The zero-order valence-electron chi connectivity index (χ0n) is 11.1. The van der Waals surface area contributed by atoms with Crippen molar-refractivity contribution in [3.63, 3.8) is 0 Å². The number of aromatic nitrogens is 1. The van der Waals surface area contributed by atoms with E-state index in [1.165, 1.54) is 0 Å². The number of aryl methyl sites for hydroxylation is 1. The number of ether oxygens (including phenoxy) is 1. The highest BCUT2D eigenvalue weighted by atomic mass is 79.9. The molecule has 4 heteroatoms. The molecule has 1 aromatic heterocycles. The second kappa shape index (κ2) is 6.57. The Morgan fingerprint density at radius 1 is 1.26 bits per heavy atom. The van der Waals surface area contributed by atoms with E-state index in [1.807, 2.05) is 43.3 Å². The van der Waals surface area contributed by atoms with E-state index in [2.05, 4.69) is 33.2 Å². The van der Waals surface area contributed by atoms with Crippen LogP contribution in [0.5, 0.6) is 5.75 Å². The molecule has 1 heterocycles. The van der Waals surface area contributed by atoms with Gasteiger partial charge in [0.2, 0.25) is 0 Å². The van der Waals surface area contributed by atoms with Crippen molar-refractivity contribution in [3.05, 3.63) is 52.1 Å². The molecule has 2 aromatic rings. The number of benzene rings is 1. The first-order valence-corrected chi connectivity index (χ1v) is 7.07. The first-order chi connectivity index (χ1) is 9.19. The lowest BCUT2D eigenvalue weighted by Crippen LogP contribution is -2.03. The second-order valence-corrected chi connectivity index (χ2v) is 5.16. The number of nitrogens with one attached hydrogen (secondary N) is 1. The zero-order valence-corrected chi connectivity index (χ0v) is 12.7. The SMILES string of the molecule is CCNc1cccc(COc2ccc(Br)cc2C)n1. The van der Waals surface area contributed by atoms with E-state index in [-0.39, 0.29) is 0 Å². The average Bonchev–Trinajstić information content (AvgIpc) is 2.38. The average molecular weight is 321 g/mol. The van der Waals surface area contributed by atoms with Gasteiger partial charge in [-0.1, -0.05) is 22.0 Å². The quantitative estimate of drug-likeness (QED) is 0.898. The van der Waals surface area contributed by atoms with E-state index in [0.717, 1.165) is 33.8 Å². The molecule has 0 aliphatic carbocycles. The molecule has 100 valence electrons. The summed E-state index contributed by atoms with van der Waals surface area (Å²) in [6.45, 7) is 5.42. The Hall–Kier alpha value is -1.55. The van der Waals surface area contributed by atoms with Gasteiger partial charge in [0.05, 0.1) is 5.69 Å². The molecule has 0 saturated carbocycles. The number of nitrogens with zero attached hydrogens (tertiary/aromatic N) is 1. The molecule has 3 nitrogen and oxygen atoms in total. The molecule has 19 heavy (non-hydrogen) atoms. The number of halogens is 1. The Morgan fingerprint density at radius 2 is 2.11 bits per heavy atom. The molecular weight excluding hydrogens is 304 g/mol. The van der Waals surface area contributed by atoms with E-state index < -0.39 is 0 Å². The molecule has 0 unspecified atom stereocenters. The van der Waals surface area contributed by atoms with Crippen molar-refractivity contribution in [3.8, 4) is 5.75 Å². The van der Waals surface area contributed by atoms with Crippen LogP contribution < -0.4 is 10.1 Å². The van der Waals surface area contributed by atoms with Gasteiger partial charge in [-0.15, -0.1) is 0 Å². The molecular formula is C15H17BrN2O. The third kappa shape index (κ3) is 3.96. The topological polar surface area (TPSA) is 34.1 Å². The molecule has 0 spiro atoms. The van der Waals surface area contributed by atoms with E-state index in [1.54, 1.807) is 0 Å². The summed E-state index contributed by atoms with van der Waals surface area (Å²) < 4.78 is 6.86. The smallest absolute Gasteiger partial charge is 0.130 e. The fourth-order valence-corrected chi connectivity index (χ4v) is 2.24. The van der Waals surface area contributed by atoms with Crippen LogP contribution in [0.15, 0.2) is 40.9 Å². The van der Waals surface area contributed by atoms with Gasteiger partial charge in [-0.25, -0.2) is 4.98 Å². The van der Waals surface area contributed by atoms with Crippen LogP contribution in [-0.2, 0) is 6.61 Å². The lowest BCUT2D eigenvalue weighted by molar-refractivity contribution is 0.299. The Morgan fingerprint density at radius 3 is 2.84 bits per heavy atom.